The van der Waals surface area contributed by atoms with Gasteiger partial charge in [0.1, 0.15) is 5.69 Å². The van der Waals surface area contributed by atoms with Gasteiger partial charge in [0.25, 0.3) is 5.69 Å². The Morgan fingerprint density at radius 1 is 1.40 bits per heavy atom. The molecule has 1 aliphatic rings. The number of benzene rings is 1. The van der Waals surface area contributed by atoms with Gasteiger partial charge in [0.05, 0.1) is 4.92 Å². The van der Waals surface area contributed by atoms with Crippen molar-refractivity contribution < 1.29 is 4.92 Å². The molecule has 1 heterocycles. The fourth-order valence-electron chi connectivity index (χ4n) is 2.61. The molecule has 6 heteroatoms. The highest BCUT2D eigenvalue weighted by molar-refractivity contribution is 5.62. The van der Waals surface area contributed by atoms with Crippen molar-refractivity contribution in [1.29, 1.82) is 0 Å². The Morgan fingerprint density at radius 2 is 2.10 bits per heavy atom. The van der Waals surface area contributed by atoms with Crippen LogP contribution in [-0.4, -0.2) is 46.9 Å². The molecular weight excluding hydrogens is 256 g/mol. The van der Waals surface area contributed by atoms with Crippen LogP contribution < -0.4 is 5.73 Å². The maximum atomic E-state index is 10.9. The zero-order valence-electron chi connectivity index (χ0n) is 12.3. The lowest BCUT2D eigenvalue weighted by atomic mass is 9.99. The second-order valence-electron chi connectivity index (χ2n) is 6.05. The summed E-state index contributed by atoms with van der Waals surface area (Å²) in [6, 6.07) is 5.02. The highest BCUT2D eigenvalue weighted by Gasteiger charge is 2.31. The van der Waals surface area contributed by atoms with Crippen molar-refractivity contribution in [3.8, 4) is 0 Å². The average molecular weight is 278 g/mol. The predicted molar refractivity (Wildman–Crippen MR) is 79.5 cm³/mol. The minimum Gasteiger partial charge on any atom is -0.393 e. The zero-order chi connectivity index (χ0) is 14.9. The molecule has 1 saturated heterocycles. The molecule has 0 bridgehead atoms. The van der Waals surface area contributed by atoms with Crippen molar-refractivity contribution in [2.24, 2.45) is 0 Å². The number of hydrogen-bond acceptors (Lipinski definition) is 5. The molecule has 0 aromatic heterocycles. The average Bonchev–Trinajstić information content (AvgIpc) is 2.35. The summed E-state index contributed by atoms with van der Waals surface area (Å²) >= 11 is 0. The number of nitrogen functional groups attached to an aromatic ring is 1. The van der Waals surface area contributed by atoms with Crippen molar-refractivity contribution in [3.63, 3.8) is 0 Å². The molecule has 0 unspecified atom stereocenters. The summed E-state index contributed by atoms with van der Waals surface area (Å²) < 4.78 is 0. The van der Waals surface area contributed by atoms with Gasteiger partial charge in [0.15, 0.2) is 0 Å². The van der Waals surface area contributed by atoms with Gasteiger partial charge in [-0.1, -0.05) is 12.1 Å². The fraction of sp³-hybridized carbons (Fsp3) is 0.571. The Bertz CT molecular complexity index is 516. The van der Waals surface area contributed by atoms with E-state index in [4.69, 9.17) is 5.73 Å². The van der Waals surface area contributed by atoms with Crippen LogP contribution >= 0.6 is 0 Å². The first-order valence-corrected chi connectivity index (χ1v) is 6.76. The summed E-state index contributed by atoms with van der Waals surface area (Å²) in [6.07, 6.45) is 0. The van der Waals surface area contributed by atoms with Gasteiger partial charge in [0.2, 0.25) is 0 Å². The van der Waals surface area contributed by atoms with E-state index in [1.54, 1.807) is 6.07 Å². The molecule has 2 rings (SSSR count). The van der Waals surface area contributed by atoms with Crippen molar-refractivity contribution in [1.82, 2.24) is 9.80 Å². The van der Waals surface area contributed by atoms with Gasteiger partial charge in [-0.05, 0) is 26.5 Å². The van der Waals surface area contributed by atoms with E-state index < -0.39 is 4.92 Å². The molecule has 0 aliphatic carbocycles. The number of hydrogen-bond donors (Lipinski definition) is 1. The quantitative estimate of drug-likeness (QED) is 0.517. The van der Waals surface area contributed by atoms with Crippen LogP contribution in [-0.2, 0) is 6.54 Å². The van der Waals surface area contributed by atoms with Gasteiger partial charge in [-0.3, -0.25) is 19.9 Å². The summed E-state index contributed by atoms with van der Waals surface area (Å²) in [7, 11) is 2.12. The number of likely N-dealkylation sites (N-methyl/N-ethyl adjacent to an activating group) is 1. The van der Waals surface area contributed by atoms with Crippen LogP contribution in [0.25, 0.3) is 0 Å². The molecule has 0 amide bonds. The van der Waals surface area contributed by atoms with Crippen LogP contribution in [0.4, 0.5) is 11.4 Å². The monoisotopic (exact) mass is 278 g/mol. The Labute approximate surface area is 119 Å². The van der Waals surface area contributed by atoms with Gasteiger partial charge >= 0.3 is 0 Å². The standard InChI is InChI=1S/C14H22N4O2/c1-14(2)10-17(8-7-16(14)3)9-11-5-4-6-12(13(11)15)18(19)20/h4-6H,7-10,15H2,1-3H3. The lowest BCUT2D eigenvalue weighted by Gasteiger charge is -2.45. The van der Waals surface area contributed by atoms with E-state index in [-0.39, 0.29) is 16.9 Å². The third-order valence-electron chi connectivity index (χ3n) is 4.16. The number of nitrogens with zero attached hydrogens (tertiary/aromatic N) is 3. The molecule has 0 spiro atoms. The summed E-state index contributed by atoms with van der Waals surface area (Å²) in [6.45, 7) is 7.92. The Balaban J connectivity index is 2.15. The van der Waals surface area contributed by atoms with Crippen molar-refractivity contribution in [3.05, 3.63) is 33.9 Å². The van der Waals surface area contributed by atoms with E-state index in [1.165, 1.54) is 6.07 Å². The van der Waals surface area contributed by atoms with Crippen LogP contribution in [0.15, 0.2) is 18.2 Å². The number of nitro groups is 1. The lowest BCUT2D eigenvalue weighted by Crippen LogP contribution is -2.57. The van der Waals surface area contributed by atoms with Gasteiger partial charge in [0, 0.05) is 37.8 Å². The molecule has 0 atom stereocenters. The van der Waals surface area contributed by atoms with E-state index >= 15 is 0 Å². The molecule has 0 saturated carbocycles. The minimum atomic E-state index is -0.424. The SMILES string of the molecule is CN1CCN(Cc2cccc([N+](=O)[O-])c2N)CC1(C)C. The number of rotatable bonds is 3. The van der Waals surface area contributed by atoms with E-state index in [0.29, 0.717) is 6.54 Å². The number of nitrogens with two attached hydrogens (primary N) is 1. The maximum absolute atomic E-state index is 10.9. The van der Waals surface area contributed by atoms with E-state index in [1.807, 2.05) is 6.07 Å². The Kier molecular flexibility index (Phi) is 3.96. The van der Waals surface area contributed by atoms with Crippen molar-refractivity contribution >= 4 is 11.4 Å². The number of piperazine rings is 1. The van der Waals surface area contributed by atoms with Crippen molar-refractivity contribution in [2.75, 3.05) is 32.4 Å². The topological polar surface area (TPSA) is 75.6 Å². The maximum Gasteiger partial charge on any atom is 0.292 e. The van der Waals surface area contributed by atoms with E-state index in [2.05, 4.69) is 30.7 Å². The number of para-hydroxylation sites is 1. The third kappa shape index (κ3) is 2.91. The molecule has 110 valence electrons. The van der Waals surface area contributed by atoms with Crippen LogP contribution in [0, 0.1) is 10.1 Å². The molecule has 2 N–H and O–H groups in total. The predicted octanol–water partition coefficient (Wildman–Crippen LogP) is 1.70. The lowest BCUT2D eigenvalue weighted by molar-refractivity contribution is -0.384. The zero-order valence-corrected chi connectivity index (χ0v) is 12.3. The highest BCUT2D eigenvalue weighted by Crippen LogP contribution is 2.27. The van der Waals surface area contributed by atoms with Gasteiger partial charge in [-0.15, -0.1) is 0 Å². The molecule has 6 nitrogen and oxygen atoms in total. The van der Waals surface area contributed by atoms with Crippen LogP contribution in [0.2, 0.25) is 0 Å². The smallest absolute Gasteiger partial charge is 0.292 e. The third-order valence-corrected chi connectivity index (χ3v) is 4.16. The summed E-state index contributed by atoms with van der Waals surface area (Å²) in [5, 5.41) is 10.9. The largest absolute Gasteiger partial charge is 0.393 e. The molecular formula is C14H22N4O2. The first kappa shape index (κ1) is 14.7. The summed E-state index contributed by atoms with van der Waals surface area (Å²) in [5.41, 5.74) is 7.14. The van der Waals surface area contributed by atoms with Crippen molar-refractivity contribution in [2.45, 2.75) is 25.9 Å². The van der Waals surface area contributed by atoms with Crippen LogP contribution in [0.1, 0.15) is 19.4 Å². The Morgan fingerprint density at radius 3 is 2.70 bits per heavy atom. The first-order chi connectivity index (χ1) is 9.31. The van der Waals surface area contributed by atoms with Crippen LogP contribution in [0.5, 0.6) is 0 Å². The molecule has 1 aromatic carbocycles. The first-order valence-electron chi connectivity index (χ1n) is 6.76. The Hall–Kier alpha value is -1.66. The van der Waals surface area contributed by atoms with Gasteiger partial charge < -0.3 is 5.73 Å². The minimum absolute atomic E-state index is 0.00381. The van der Waals surface area contributed by atoms with Gasteiger partial charge in [-0.2, -0.15) is 0 Å². The van der Waals surface area contributed by atoms with Crippen LogP contribution in [0.3, 0.4) is 0 Å². The van der Waals surface area contributed by atoms with Gasteiger partial charge in [-0.25, -0.2) is 0 Å². The molecule has 0 radical (unpaired) electrons. The normalized spacial score (nSPS) is 19.9. The summed E-state index contributed by atoms with van der Waals surface area (Å²) in [4.78, 5) is 15.1. The van der Waals surface area contributed by atoms with E-state index in [9.17, 15) is 10.1 Å². The molecule has 1 aromatic rings. The number of nitro benzene ring substituents is 1. The summed E-state index contributed by atoms with van der Waals surface area (Å²) in [5.74, 6) is 0. The number of anilines is 1. The molecule has 20 heavy (non-hydrogen) atoms. The van der Waals surface area contributed by atoms with E-state index in [0.717, 1.165) is 25.2 Å². The highest BCUT2D eigenvalue weighted by atomic mass is 16.6. The fourth-order valence-corrected chi connectivity index (χ4v) is 2.61. The molecule has 1 aliphatic heterocycles. The second kappa shape index (κ2) is 5.38. The molecule has 1 fully saturated rings. The second-order valence-corrected chi connectivity index (χ2v) is 6.05.